The Bertz CT molecular complexity index is 382. The van der Waals surface area contributed by atoms with Gasteiger partial charge in [-0.1, -0.05) is 29.8 Å². The van der Waals surface area contributed by atoms with Gasteiger partial charge in [-0.25, -0.2) is 0 Å². The number of carbonyl (C=O) groups is 1. The summed E-state index contributed by atoms with van der Waals surface area (Å²) >= 11 is 0. The molecule has 0 saturated carbocycles. The van der Waals surface area contributed by atoms with Crippen LogP contribution in [0.5, 0.6) is 0 Å². The van der Waals surface area contributed by atoms with Gasteiger partial charge in [0.1, 0.15) is 0 Å². The lowest BCUT2D eigenvalue weighted by Crippen LogP contribution is -2.40. The molecule has 100 valence electrons. The molecule has 0 radical (unpaired) electrons. The van der Waals surface area contributed by atoms with E-state index in [9.17, 15) is 4.79 Å². The van der Waals surface area contributed by atoms with E-state index < -0.39 is 5.41 Å². The molecule has 0 aliphatic carbocycles. The third-order valence-electron chi connectivity index (χ3n) is 3.15. The van der Waals surface area contributed by atoms with Crippen LogP contribution >= 0.6 is 0 Å². The second-order valence-corrected chi connectivity index (χ2v) is 5.09. The van der Waals surface area contributed by atoms with Gasteiger partial charge in [0.15, 0.2) is 0 Å². The number of carbonyl (C=O) groups excluding carboxylic acids is 1. The molecule has 1 amide bonds. The van der Waals surface area contributed by atoms with Crippen LogP contribution in [0.4, 0.5) is 0 Å². The van der Waals surface area contributed by atoms with Crippen molar-refractivity contribution in [1.82, 2.24) is 5.32 Å². The number of ether oxygens (including phenoxy) is 1. The van der Waals surface area contributed by atoms with E-state index in [1.54, 1.807) is 7.11 Å². The highest BCUT2D eigenvalue weighted by molar-refractivity contribution is 5.87. The maximum atomic E-state index is 12.2. The third-order valence-corrected chi connectivity index (χ3v) is 3.15. The van der Waals surface area contributed by atoms with Gasteiger partial charge in [-0.05, 0) is 32.8 Å². The maximum absolute atomic E-state index is 12.2. The molecule has 0 unspecified atom stereocenters. The van der Waals surface area contributed by atoms with Gasteiger partial charge < -0.3 is 10.1 Å². The maximum Gasteiger partial charge on any atom is 0.230 e. The topological polar surface area (TPSA) is 38.3 Å². The summed E-state index contributed by atoms with van der Waals surface area (Å²) in [5.41, 5.74) is 1.74. The molecule has 3 heteroatoms. The molecule has 0 aromatic heterocycles. The molecular formula is C15H23NO2. The van der Waals surface area contributed by atoms with Crippen molar-refractivity contribution in [1.29, 1.82) is 0 Å². The SMILES string of the molecule is COCCCNC(=O)C(C)(C)c1ccc(C)cc1. The van der Waals surface area contributed by atoms with E-state index >= 15 is 0 Å². The summed E-state index contributed by atoms with van der Waals surface area (Å²) in [4.78, 5) is 12.2. The zero-order valence-corrected chi connectivity index (χ0v) is 11.7. The molecular weight excluding hydrogens is 226 g/mol. The Morgan fingerprint density at radius 2 is 1.89 bits per heavy atom. The number of benzene rings is 1. The predicted molar refractivity (Wildman–Crippen MR) is 73.7 cm³/mol. The number of methoxy groups -OCH3 is 1. The number of hydrogen-bond acceptors (Lipinski definition) is 2. The van der Waals surface area contributed by atoms with E-state index in [-0.39, 0.29) is 5.91 Å². The normalized spacial score (nSPS) is 11.3. The van der Waals surface area contributed by atoms with Crippen LogP contribution in [-0.4, -0.2) is 26.2 Å². The van der Waals surface area contributed by atoms with E-state index in [1.807, 2.05) is 45.0 Å². The standard InChI is InChI=1S/C15H23NO2/c1-12-6-8-13(9-7-12)15(2,3)14(17)16-10-5-11-18-4/h6-9H,5,10-11H2,1-4H3,(H,16,17). The van der Waals surface area contributed by atoms with Gasteiger partial charge in [0.05, 0.1) is 5.41 Å². The second kappa shape index (κ2) is 6.55. The van der Waals surface area contributed by atoms with Crippen molar-refractivity contribution < 1.29 is 9.53 Å². The van der Waals surface area contributed by atoms with Gasteiger partial charge in [0.2, 0.25) is 5.91 Å². The molecule has 1 aromatic rings. The molecule has 0 atom stereocenters. The van der Waals surface area contributed by atoms with Crippen LogP contribution in [0.15, 0.2) is 24.3 Å². The van der Waals surface area contributed by atoms with Gasteiger partial charge in [-0.3, -0.25) is 4.79 Å². The van der Waals surface area contributed by atoms with Crippen molar-refractivity contribution in [2.75, 3.05) is 20.3 Å². The first-order valence-electron chi connectivity index (χ1n) is 6.33. The van der Waals surface area contributed by atoms with Crippen LogP contribution in [0.1, 0.15) is 31.4 Å². The van der Waals surface area contributed by atoms with E-state index in [2.05, 4.69) is 5.32 Å². The highest BCUT2D eigenvalue weighted by Crippen LogP contribution is 2.23. The summed E-state index contributed by atoms with van der Waals surface area (Å²) in [7, 11) is 1.66. The minimum atomic E-state index is -0.499. The number of amides is 1. The van der Waals surface area contributed by atoms with Gasteiger partial charge in [-0.2, -0.15) is 0 Å². The Morgan fingerprint density at radius 1 is 1.28 bits per heavy atom. The van der Waals surface area contributed by atoms with Crippen LogP contribution in [0.2, 0.25) is 0 Å². The molecule has 0 aliphatic heterocycles. The smallest absolute Gasteiger partial charge is 0.230 e. The third kappa shape index (κ3) is 3.84. The largest absolute Gasteiger partial charge is 0.385 e. The lowest BCUT2D eigenvalue weighted by molar-refractivity contribution is -0.125. The molecule has 0 spiro atoms. The van der Waals surface area contributed by atoms with Crippen molar-refractivity contribution in [2.24, 2.45) is 0 Å². The van der Waals surface area contributed by atoms with E-state index in [0.717, 1.165) is 12.0 Å². The lowest BCUT2D eigenvalue weighted by atomic mass is 9.83. The van der Waals surface area contributed by atoms with Crippen molar-refractivity contribution in [3.05, 3.63) is 35.4 Å². The molecule has 18 heavy (non-hydrogen) atoms. The highest BCUT2D eigenvalue weighted by atomic mass is 16.5. The van der Waals surface area contributed by atoms with Crippen LogP contribution < -0.4 is 5.32 Å². The van der Waals surface area contributed by atoms with Crippen LogP contribution in [0.25, 0.3) is 0 Å². The molecule has 1 aromatic carbocycles. The van der Waals surface area contributed by atoms with Crippen LogP contribution in [0, 0.1) is 6.92 Å². The van der Waals surface area contributed by atoms with Gasteiger partial charge in [-0.15, -0.1) is 0 Å². The lowest BCUT2D eigenvalue weighted by Gasteiger charge is -2.24. The Balaban J connectivity index is 2.61. The zero-order chi connectivity index (χ0) is 13.6. The summed E-state index contributed by atoms with van der Waals surface area (Å²) in [6.45, 7) is 7.27. The molecule has 0 saturated heterocycles. The van der Waals surface area contributed by atoms with Crippen LogP contribution in [0.3, 0.4) is 0 Å². The summed E-state index contributed by atoms with van der Waals surface area (Å²) in [6, 6.07) is 8.11. The summed E-state index contributed by atoms with van der Waals surface area (Å²) in [5, 5.41) is 2.95. The molecule has 0 heterocycles. The zero-order valence-electron chi connectivity index (χ0n) is 11.7. The van der Waals surface area contributed by atoms with E-state index in [1.165, 1.54) is 5.56 Å². The molecule has 0 aliphatic rings. The molecule has 0 bridgehead atoms. The predicted octanol–water partition coefficient (Wildman–Crippen LogP) is 2.43. The fraction of sp³-hybridized carbons (Fsp3) is 0.533. The average Bonchev–Trinajstić information content (AvgIpc) is 2.35. The fourth-order valence-corrected chi connectivity index (χ4v) is 1.74. The van der Waals surface area contributed by atoms with Crippen molar-refractivity contribution >= 4 is 5.91 Å². The number of hydrogen-bond donors (Lipinski definition) is 1. The minimum Gasteiger partial charge on any atom is -0.385 e. The quantitative estimate of drug-likeness (QED) is 0.786. The van der Waals surface area contributed by atoms with Gasteiger partial charge in [0.25, 0.3) is 0 Å². The van der Waals surface area contributed by atoms with E-state index in [0.29, 0.717) is 13.2 Å². The average molecular weight is 249 g/mol. The summed E-state index contributed by atoms with van der Waals surface area (Å²) in [6.07, 6.45) is 0.840. The van der Waals surface area contributed by atoms with Crippen molar-refractivity contribution in [3.8, 4) is 0 Å². The second-order valence-electron chi connectivity index (χ2n) is 5.09. The first-order valence-corrected chi connectivity index (χ1v) is 6.33. The summed E-state index contributed by atoms with van der Waals surface area (Å²) < 4.78 is 4.96. The summed E-state index contributed by atoms with van der Waals surface area (Å²) in [5.74, 6) is 0.0578. The minimum absolute atomic E-state index is 0.0578. The fourth-order valence-electron chi connectivity index (χ4n) is 1.74. The Morgan fingerprint density at radius 3 is 2.44 bits per heavy atom. The number of nitrogens with one attached hydrogen (secondary N) is 1. The molecule has 1 rings (SSSR count). The number of aryl methyl sites for hydroxylation is 1. The molecule has 3 nitrogen and oxygen atoms in total. The van der Waals surface area contributed by atoms with Gasteiger partial charge in [0, 0.05) is 20.3 Å². The van der Waals surface area contributed by atoms with Gasteiger partial charge >= 0.3 is 0 Å². The van der Waals surface area contributed by atoms with Crippen LogP contribution in [-0.2, 0) is 14.9 Å². The van der Waals surface area contributed by atoms with Crippen molar-refractivity contribution in [3.63, 3.8) is 0 Å². The Kier molecular flexibility index (Phi) is 5.35. The first kappa shape index (κ1) is 14.7. The molecule has 0 fully saturated rings. The monoisotopic (exact) mass is 249 g/mol. The Hall–Kier alpha value is -1.35. The van der Waals surface area contributed by atoms with Crippen molar-refractivity contribution in [2.45, 2.75) is 32.6 Å². The first-order chi connectivity index (χ1) is 8.48. The molecule has 1 N–H and O–H groups in total. The van der Waals surface area contributed by atoms with E-state index in [4.69, 9.17) is 4.74 Å². The highest BCUT2D eigenvalue weighted by Gasteiger charge is 2.29. The number of rotatable bonds is 6. The Labute approximate surface area is 110 Å².